The number of nitrogens with zero attached hydrogens (tertiary/aromatic N) is 1. The van der Waals surface area contributed by atoms with E-state index in [1.807, 2.05) is 0 Å². The lowest BCUT2D eigenvalue weighted by molar-refractivity contribution is -0.128. The summed E-state index contributed by atoms with van der Waals surface area (Å²) in [4.78, 5) is 13.3. The highest BCUT2D eigenvalue weighted by Crippen LogP contribution is 2.09. The molecule has 1 unspecified atom stereocenters. The molecule has 0 N–H and O–H groups in total. The summed E-state index contributed by atoms with van der Waals surface area (Å²) >= 11 is 0. The smallest absolute Gasteiger partial charge is 0.222 e. The first kappa shape index (κ1) is 12.8. The molecular weight excluding hydrogens is 229 g/mol. The molecule has 0 bridgehead atoms. The lowest BCUT2D eigenvalue weighted by Crippen LogP contribution is -2.23. The highest BCUT2D eigenvalue weighted by molar-refractivity contribution is 7.85. The monoisotopic (exact) mass is 243 g/mol. The van der Waals surface area contributed by atoms with E-state index in [2.05, 4.69) is 0 Å². The second-order valence-corrected chi connectivity index (χ2v) is 5.11. The molecule has 0 saturated carbocycles. The molecule has 0 spiro atoms. The number of hydrogen-bond donors (Lipinski definition) is 0. The predicted molar refractivity (Wildman–Crippen MR) is 61.0 cm³/mol. The zero-order valence-corrected chi connectivity index (χ0v) is 10.1. The average molecular weight is 243 g/mol. The third-order valence-electron chi connectivity index (χ3n) is 2.08. The van der Waals surface area contributed by atoms with Crippen molar-refractivity contribution < 1.29 is 13.4 Å². The molecule has 1 aromatic carbocycles. The van der Waals surface area contributed by atoms with Gasteiger partial charge in [0.2, 0.25) is 5.91 Å². The second kappa shape index (κ2) is 5.75. The van der Waals surface area contributed by atoms with Crippen LogP contribution in [-0.4, -0.2) is 34.9 Å². The minimum Gasteiger partial charge on any atom is -0.349 e. The fourth-order valence-electron chi connectivity index (χ4n) is 1.11. The van der Waals surface area contributed by atoms with Gasteiger partial charge in [-0.3, -0.25) is 9.00 Å². The van der Waals surface area contributed by atoms with Gasteiger partial charge in [-0.05, 0) is 24.3 Å². The van der Waals surface area contributed by atoms with Gasteiger partial charge in [-0.25, -0.2) is 4.39 Å². The topological polar surface area (TPSA) is 37.4 Å². The maximum atomic E-state index is 12.6. The lowest BCUT2D eigenvalue weighted by atomic mass is 10.4. The van der Waals surface area contributed by atoms with Gasteiger partial charge in [0.05, 0.1) is 10.8 Å². The van der Waals surface area contributed by atoms with E-state index >= 15 is 0 Å². The molecule has 0 radical (unpaired) electrons. The van der Waals surface area contributed by atoms with Crippen molar-refractivity contribution in [2.45, 2.75) is 11.3 Å². The van der Waals surface area contributed by atoms with Crippen molar-refractivity contribution in [1.29, 1.82) is 0 Å². The first-order chi connectivity index (χ1) is 7.50. The molecule has 16 heavy (non-hydrogen) atoms. The zero-order chi connectivity index (χ0) is 12.1. The molecule has 5 heteroatoms. The van der Waals surface area contributed by atoms with Crippen LogP contribution in [0.3, 0.4) is 0 Å². The van der Waals surface area contributed by atoms with Gasteiger partial charge in [0.25, 0.3) is 0 Å². The average Bonchev–Trinajstić information content (AvgIpc) is 2.26. The molecule has 1 atom stereocenters. The van der Waals surface area contributed by atoms with Gasteiger partial charge in [-0.15, -0.1) is 0 Å². The van der Waals surface area contributed by atoms with Crippen molar-refractivity contribution in [2.24, 2.45) is 0 Å². The molecule has 0 heterocycles. The standard InChI is InChI=1S/C11H14FNO2S/c1-13(2)11(14)7-8-16(15)10-5-3-9(12)4-6-10/h3-6H,7-8H2,1-2H3. The minimum absolute atomic E-state index is 0.0598. The number of amides is 1. The number of rotatable bonds is 4. The van der Waals surface area contributed by atoms with Crippen molar-refractivity contribution >= 4 is 16.7 Å². The van der Waals surface area contributed by atoms with Crippen LogP contribution in [0.25, 0.3) is 0 Å². The molecule has 1 aromatic rings. The van der Waals surface area contributed by atoms with E-state index in [1.165, 1.54) is 29.2 Å². The molecule has 0 aliphatic rings. The molecular formula is C11H14FNO2S. The Labute approximate surface area is 96.7 Å². The summed E-state index contributed by atoms with van der Waals surface area (Å²) in [5.41, 5.74) is 0. The van der Waals surface area contributed by atoms with Crippen molar-refractivity contribution in [1.82, 2.24) is 4.90 Å². The number of carbonyl (C=O) groups is 1. The summed E-state index contributed by atoms with van der Waals surface area (Å²) in [5, 5.41) is 0. The van der Waals surface area contributed by atoms with Gasteiger partial charge < -0.3 is 4.90 Å². The van der Waals surface area contributed by atoms with E-state index in [0.29, 0.717) is 4.90 Å². The second-order valence-electron chi connectivity index (χ2n) is 3.54. The van der Waals surface area contributed by atoms with E-state index in [4.69, 9.17) is 0 Å². The first-order valence-electron chi connectivity index (χ1n) is 4.85. The Morgan fingerprint density at radius 2 is 1.88 bits per heavy atom. The van der Waals surface area contributed by atoms with Crippen molar-refractivity contribution in [3.05, 3.63) is 30.1 Å². The molecule has 0 fully saturated rings. The summed E-state index contributed by atoms with van der Waals surface area (Å²) in [7, 11) is 2.07. The molecule has 88 valence electrons. The normalized spacial score (nSPS) is 12.2. The van der Waals surface area contributed by atoms with E-state index in [-0.39, 0.29) is 23.9 Å². The molecule has 0 aromatic heterocycles. The Hall–Kier alpha value is -1.23. The summed E-state index contributed by atoms with van der Waals surface area (Å²) in [6.07, 6.45) is 0.233. The van der Waals surface area contributed by atoms with Crippen LogP contribution in [0, 0.1) is 5.82 Å². The SMILES string of the molecule is CN(C)C(=O)CCS(=O)c1ccc(F)cc1. The third kappa shape index (κ3) is 3.73. The van der Waals surface area contributed by atoms with Crippen LogP contribution in [0.15, 0.2) is 29.2 Å². The van der Waals surface area contributed by atoms with Crippen molar-refractivity contribution in [3.63, 3.8) is 0 Å². The van der Waals surface area contributed by atoms with Crippen molar-refractivity contribution in [3.8, 4) is 0 Å². The van der Waals surface area contributed by atoms with Crippen molar-refractivity contribution in [2.75, 3.05) is 19.8 Å². The minimum atomic E-state index is -1.24. The van der Waals surface area contributed by atoms with Crippen LogP contribution in [0.1, 0.15) is 6.42 Å². The highest BCUT2D eigenvalue weighted by atomic mass is 32.2. The Bertz CT molecular complexity index is 389. The molecule has 0 aliphatic carbocycles. The van der Waals surface area contributed by atoms with E-state index in [0.717, 1.165) is 0 Å². The Morgan fingerprint density at radius 3 is 2.38 bits per heavy atom. The summed E-state index contributed by atoms with van der Waals surface area (Å²) in [6, 6.07) is 5.49. The molecule has 1 amide bonds. The van der Waals surface area contributed by atoms with Gasteiger partial charge >= 0.3 is 0 Å². The van der Waals surface area contributed by atoms with Gasteiger partial charge in [-0.1, -0.05) is 0 Å². The maximum Gasteiger partial charge on any atom is 0.222 e. The van der Waals surface area contributed by atoms with Crippen LogP contribution in [0.5, 0.6) is 0 Å². The van der Waals surface area contributed by atoms with Gasteiger partial charge in [0.15, 0.2) is 0 Å². The summed E-state index contributed by atoms with van der Waals surface area (Å²) < 4.78 is 24.3. The van der Waals surface area contributed by atoms with E-state index in [1.54, 1.807) is 14.1 Å². The predicted octanol–water partition coefficient (Wildman–Crippen LogP) is 1.41. The first-order valence-corrected chi connectivity index (χ1v) is 6.16. The van der Waals surface area contributed by atoms with Gasteiger partial charge in [0, 0.05) is 31.2 Å². The number of benzene rings is 1. The lowest BCUT2D eigenvalue weighted by Gasteiger charge is -2.09. The summed E-state index contributed by atoms with van der Waals surface area (Å²) in [6.45, 7) is 0. The Balaban J connectivity index is 2.53. The molecule has 0 saturated heterocycles. The highest BCUT2D eigenvalue weighted by Gasteiger charge is 2.09. The number of carbonyl (C=O) groups excluding carboxylic acids is 1. The van der Waals surface area contributed by atoms with Crippen LogP contribution in [0.2, 0.25) is 0 Å². The third-order valence-corrected chi connectivity index (χ3v) is 3.45. The molecule has 3 nitrogen and oxygen atoms in total. The van der Waals surface area contributed by atoms with Crippen LogP contribution in [-0.2, 0) is 15.6 Å². The Kier molecular flexibility index (Phi) is 4.61. The molecule has 1 rings (SSSR count). The molecule has 0 aliphatic heterocycles. The zero-order valence-electron chi connectivity index (χ0n) is 9.27. The van der Waals surface area contributed by atoms with Crippen LogP contribution < -0.4 is 0 Å². The van der Waals surface area contributed by atoms with Crippen LogP contribution >= 0.6 is 0 Å². The number of hydrogen-bond acceptors (Lipinski definition) is 2. The quantitative estimate of drug-likeness (QED) is 0.802. The largest absolute Gasteiger partial charge is 0.349 e. The maximum absolute atomic E-state index is 12.6. The fourth-order valence-corrected chi connectivity index (χ4v) is 2.14. The van der Waals surface area contributed by atoms with E-state index < -0.39 is 10.8 Å². The van der Waals surface area contributed by atoms with E-state index in [9.17, 15) is 13.4 Å². The fraction of sp³-hybridized carbons (Fsp3) is 0.364. The van der Waals surface area contributed by atoms with Gasteiger partial charge in [-0.2, -0.15) is 0 Å². The number of halogens is 1. The van der Waals surface area contributed by atoms with Crippen LogP contribution in [0.4, 0.5) is 4.39 Å². The van der Waals surface area contributed by atoms with Gasteiger partial charge in [0.1, 0.15) is 5.82 Å². The Morgan fingerprint density at radius 1 is 1.31 bits per heavy atom. The summed E-state index contributed by atoms with van der Waals surface area (Å²) in [5.74, 6) is -0.150.